The quantitative estimate of drug-likeness (QED) is 0.587. The maximum absolute atomic E-state index is 10.8. The van der Waals surface area contributed by atoms with Crippen molar-refractivity contribution < 1.29 is 9.90 Å². The van der Waals surface area contributed by atoms with Crippen molar-refractivity contribution in [1.82, 2.24) is 9.55 Å². The lowest BCUT2D eigenvalue weighted by atomic mass is 10.1. The highest BCUT2D eigenvalue weighted by Gasteiger charge is 2.14. The predicted molar refractivity (Wildman–Crippen MR) is 90.3 cm³/mol. The van der Waals surface area contributed by atoms with Gasteiger partial charge in [0, 0.05) is 10.1 Å². The summed E-state index contributed by atoms with van der Waals surface area (Å²) in [7, 11) is 0. The van der Waals surface area contributed by atoms with Crippen LogP contribution < -0.4 is 0 Å². The van der Waals surface area contributed by atoms with E-state index in [1.165, 1.54) is 11.8 Å². The summed E-state index contributed by atoms with van der Waals surface area (Å²) in [5.74, 6) is -0.233. The highest BCUT2D eigenvalue weighted by molar-refractivity contribution is 14.1. The first-order chi connectivity index (χ1) is 9.51. The molecule has 1 heterocycles. The summed E-state index contributed by atoms with van der Waals surface area (Å²) < 4.78 is 3.28. The third kappa shape index (κ3) is 3.66. The lowest BCUT2D eigenvalue weighted by Crippen LogP contribution is -2.09. The molecule has 2 aromatic rings. The van der Waals surface area contributed by atoms with Crippen LogP contribution in [0.1, 0.15) is 20.3 Å². The van der Waals surface area contributed by atoms with Gasteiger partial charge in [0.2, 0.25) is 0 Å². The van der Waals surface area contributed by atoms with Crippen molar-refractivity contribution in [3.8, 4) is 0 Å². The molecule has 0 aliphatic rings. The van der Waals surface area contributed by atoms with E-state index in [2.05, 4.69) is 58.1 Å². The summed E-state index contributed by atoms with van der Waals surface area (Å²) in [6.07, 6.45) is 1.09. The number of fused-ring (bicyclic) bond motifs is 1. The van der Waals surface area contributed by atoms with Crippen LogP contribution in [-0.4, -0.2) is 26.4 Å². The molecule has 20 heavy (non-hydrogen) atoms. The molecule has 0 amide bonds. The molecular formula is C14H17IN2O2S. The Labute approximate surface area is 136 Å². The fourth-order valence-corrected chi connectivity index (χ4v) is 3.15. The number of aliphatic carboxylic acids is 1. The summed E-state index contributed by atoms with van der Waals surface area (Å²) >= 11 is 3.55. The van der Waals surface area contributed by atoms with E-state index >= 15 is 0 Å². The summed E-state index contributed by atoms with van der Waals surface area (Å²) in [6, 6.07) is 6.16. The monoisotopic (exact) mass is 404 g/mol. The molecule has 0 bridgehead atoms. The molecular weight excluding hydrogens is 387 g/mol. The average molecular weight is 404 g/mol. The molecule has 1 aromatic carbocycles. The van der Waals surface area contributed by atoms with Crippen LogP contribution in [0.4, 0.5) is 0 Å². The largest absolute Gasteiger partial charge is 0.481 e. The molecule has 1 unspecified atom stereocenters. The first kappa shape index (κ1) is 15.6. The van der Waals surface area contributed by atoms with Crippen molar-refractivity contribution in [3.63, 3.8) is 0 Å². The topological polar surface area (TPSA) is 55.1 Å². The maximum atomic E-state index is 10.8. The number of carboxylic acids is 1. The lowest BCUT2D eigenvalue weighted by molar-refractivity contribution is -0.133. The normalized spacial score (nSPS) is 12.8. The van der Waals surface area contributed by atoms with E-state index in [0.29, 0.717) is 5.92 Å². The fourth-order valence-electron chi connectivity index (χ4n) is 1.93. The summed E-state index contributed by atoms with van der Waals surface area (Å²) in [4.78, 5) is 15.4. The van der Waals surface area contributed by atoms with Gasteiger partial charge < -0.3 is 9.67 Å². The number of thioether (sulfide) groups is 1. The van der Waals surface area contributed by atoms with Gasteiger partial charge in [-0.05, 0) is 46.7 Å². The number of hydrogen-bond acceptors (Lipinski definition) is 3. The predicted octanol–water partition coefficient (Wildman–Crippen LogP) is 3.86. The maximum Gasteiger partial charge on any atom is 0.313 e. The van der Waals surface area contributed by atoms with E-state index in [4.69, 9.17) is 5.11 Å². The van der Waals surface area contributed by atoms with Crippen molar-refractivity contribution in [2.75, 3.05) is 5.75 Å². The summed E-state index contributed by atoms with van der Waals surface area (Å²) in [5.41, 5.74) is 2.02. The van der Waals surface area contributed by atoms with E-state index in [0.717, 1.165) is 32.7 Å². The number of nitrogens with zero attached hydrogens (tertiary/aromatic N) is 2. The average Bonchev–Trinajstić information content (AvgIpc) is 2.73. The van der Waals surface area contributed by atoms with Crippen molar-refractivity contribution in [3.05, 3.63) is 21.8 Å². The molecule has 0 aliphatic heterocycles. The number of imidazole rings is 1. The zero-order valence-electron chi connectivity index (χ0n) is 11.5. The number of aromatic nitrogens is 2. The summed E-state index contributed by atoms with van der Waals surface area (Å²) in [5, 5.41) is 9.65. The van der Waals surface area contributed by atoms with Gasteiger partial charge in [0.05, 0.1) is 16.8 Å². The molecule has 1 aromatic heterocycles. The molecule has 0 saturated carbocycles. The molecule has 1 atom stereocenters. The zero-order valence-corrected chi connectivity index (χ0v) is 14.4. The molecule has 6 heteroatoms. The second kappa shape index (κ2) is 6.80. The highest BCUT2D eigenvalue weighted by atomic mass is 127. The van der Waals surface area contributed by atoms with E-state index in [1.807, 2.05) is 6.07 Å². The van der Waals surface area contributed by atoms with Crippen molar-refractivity contribution in [1.29, 1.82) is 0 Å². The third-order valence-electron chi connectivity index (χ3n) is 3.19. The van der Waals surface area contributed by atoms with Crippen molar-refractivity contribution in [2.45, 2.75) is 32.0 Å². The molecule has 0 fully saturated rings. The molecule has 4 nitrogen and oxygen atoms in total. The summed E-state index contributed by atoms with van der Waals surface area (Å²) in [6.45, 7) is 5.23. The smallest absolute Gasteiger partial charge is 0.313 e. The Kier molecular flexibility index (Phi) is 5.31. The van der Waals surface area contributed by atoms with Crippen LogP contribution >= 0.6 is 34.4 Å². The second-order valence-corrected chi connectivity index (χ2v) is 7.02. The van der Waals surface area contributed by atoms with Crippen LogP contribution in [0.25, 0.3) is 11.0 Å². The van der Waals surface area contributed by atoms with Gasteiger partial charge >= 0.3 is 5.97 Å². The number of benzene rings is 1. The number of rotatable bonds is 6. The molecule has 1 N–H and O–H groups in total. The minimum atomic E-state index is -0.813. The van der Waals surface area contributed by atoms with E-state index < -0.39 is 5.97 Å². The number of halogens is 1. The Morgan fingerprint density at radius 1 is 1.55 bits per heavy atom. The van der Waals surface area contributed by atoms with E-state index in [-0.39, 0.29) is 5.75 Å². The Balaban J connectivity index is 2.41. The molecule has 0 radical (unpaired) electrons. The second-order valence-electron chi connectivity index (χ2n) is 4.83. The van der Waals surface area contributed by atoms with Crippen molar-refractivity contribution in [2.24, 2.45) is 5.92 Å². The van der Waals surface area contributed by atoms with Crippen LogP contribution in [0.3, 0.4) is 0 Å². The molecule has 0 aliphatic carbocycles. The Bertz CT molecular complexity index is 627. The first-order valence-electron chi connectivity index (χ1n) is 6.51. The van der Waals surface area contributed by atoms with Crippen LogP contribution in [-0.2, 0) is 11.3 Å². The van der Waals surface area contributed by atoms with Crippen molar-refractivity contribution >= 4 is 51.4 Å². The molecule has 108 valence electrons. The van der Waals surface area contributed by atoms with Gasteiger partial charge in [-0.15, -0.1) is 0 Å². The Hall–Kier alpha value is -0.760. The third-order valence-corrected chi connectivity index (χ3v) is 4.82. The number of carboxylic acid groups (broad SMARTS) is 1. The van der Waals surface area contributed by atoms with Gasteiger partial charge in [-0.25, -0.2) is 4.98 Å². The molecule has 2 rings (SSSR count). The van der Waals surface area contributed by atoms with Gasteiger partial charge in [0.25, 0.3) is 0 Å². The van der Waals surface area contributed by atoms with E-state index in [9.17, 15) is 4.79 Å². The van der Waals surface area contributed by atoms with Crippen LogP contribution in [0.15, 0.2) is 23.4 Å². The van der Waals surface area contributed by atoms with Gasteiger partial charge in [-0.1, -0.05) is 32.0 Å². The Morgan fingerprint density at radius 3 is 2.95 bits per heavy atom. The minimum absolute atomic E-state index is 0.0426. The van der Waals surface area contributed by atoms with Crippen LogP contribution in [0.5, 0.6) is 0 Å². The Morgan fingerprint density at radius 2 is 2.30 bits per heavy atom. The number of hydrogen-bond donors (Lipinski definition) is 1. The SMILES string of the molecule is CCC(C)Cn1c(SCC(=O)O)nc2cc(I)ccc21. The van der Waals surface area contributed by atoms with Gasteiger partial charge in [-0.2, -0.15) is 0 Å². The van der Waals surface area contributed by atoms with Crippen LogP contribution in [0.2, 0.25) is 0 Å². The minimum Gasteiger partial charge on any atom is -0.481 e. The number of carbonyl (C=O) groups is 1. The van der Waals surface area contributed by atoms with E-state index in [1.54, 1.807) is 0 Å². The first-order valence-corrected chi connectivity index (χ1v) is 8.58. The molecule has 0 spiro atoms. The van der Waals surface area contributed by atoms with Gasteiger partial charge in [-0.3, -0.25) is 4.79 Å². The lowest BCUT2D eigenvalue weighted by Gasteiger charge is -2.13. The molecule has 0 saturated heterocycles. The highest BCUT2D eigenvalue weighted by Crippen LogP contribution is 2.26. The standard InChI is InChI=1S/C14H17IN2O2S/c1-3-9(2)7-17-12-5-4-10(15)6-11(12)16-14(17)20-8-13(18)19/h4-6,9H,3,7-8H2,1-2H3,(H,18,19). The van der Waals surface area contributed by atoms with Crippen LogP contribution in [0, 0.1) is 9.49 Å². The fraction of sp³-hybridized carbons (Fsp3) is 0.429. The van der Waals surface area contributed by atoms with Gasteiger partial charge in [0.15, 0.2) is 5.16 Å². The zero-order chi connectivity index (χ0) is 14.7. The van der Waals surface area contributed by atoms with Gasteiger partial charge in [0.1, 0.15) is 0 Å².